The van der Waals surface area contributed by atoms with Gasteiger partial charge in [-0.05, 0) is 31.2 Å². The van der Waals surface area contributed by atoms with E-state index in [9.17, 15) is 0 Å². The number of nitrogens with one attached hydrogen (secondary N) is 1. The molecule has 0 aliphatic heterocycles. The summed E-state index contributed by atoms with van der Waals surface area (Å²) in [5, 5.41) is 4.49. The van der Waals surface area contributed by atoms with Gasteiger partial charge in [-0.3, -0.25) is 4.98 Å². The lowest BCUT2D eigenvalue weighted by Crippen LogP contribution is -2.11. The van der Waals surface area contributed by atoms with Gasteiger partial charge in [0.1, 0.15) is 4.99 Å². The standard InChI is InChI=1S/C17H15N3S/c1-11-9-10-12-5-4-8-15(16(12)19-11)20-14-7-3-2-6-13(14)17(18)21/h2-10,20H,1H3,(H2,18,21). The largest absolute Gasteiger partial charge is 0.389 e. The minimum atomic E-state index is 0.377. The summed E-state index contributed by atoms with van der Waals surface area (Å²) < 4.78 is 0. The number of aromatic nitrogens is 1. The summed E-state index contributed by atoms with van der Waals surface area (Å²) in [7, 11) is 0. The van der Waals surface area contributed by atoms with Crippen molar-refractivity contribution < 1.29 is 0 Å². The molecule has 4 heteroatoms. The van der Waals surface area contributed by atoms with E-state index in [4.69, 9.17) is 18.0 Å². The van der Waals surface area contributed by atoms with Crippen LogP contribution in [0.1, 0.15) is 11.3 Å². The lowest BCUT2D eigenvalue weighted by atomic mass is 10.1. The molecule has 0 aliphatic carbocycles. The topological polar surface area (TPSA) is 50.9 Å². The molecule has 1 heterocycles. The Morgan fingerprint density at radius 1 is 1.00 bits per heavy atom. The first-order chi connectivity index (χ1) is 10.1. The average Bonchev–Trinajstić information content (AvgIpc) is 2.48. The Bertz CT molecular complexity index is 827. The van der Waals surface area contributed by atoms with Gasteiger partial charge in [0.2, 0.25) is 0 Å². The summed E-state index contributed by atoms with van der Waals surface area (Å²) in [5.41, 5.74) is 10.4. The first-order valence-corrected chi connectivity index (χ1v) is 7.08. The molecule has 3 aromatic rings. The van der Waals surface area contributed by atoms with Gasteiger partial charge < -0.3 is 11.1 Å². The van der Waals surface area contributed by atoms with E-state index >= 15 is 0 Å². The Kier molecular flexibility index (Phi) is 3.54. The van der Waals surface area contributed by atoms with Crippen LogP contribution in [0.25, 0.3) is 10.9 Å². The molecular formula is C17H15N3S. The molecule has 0 bridgehead atoms. The summed E-state index contributed by atoms with van der Waals surface area (Å²) in [5.74, 6) is 0. The quantitative estimate of drug-likeness (QED) is 0.719. The fourth-order valence-corrected chi connectivity index (χ4v) is 2.48. The number of fused-ring (bicyclic) bond motifs is 1. The molecule has 2 aromatic carbocycles. The molecule has 0 amide bonds. The zero-order chi connectivity index (χ0) is 14.8. The van der Waals surface area contributed by atoms with Gasteiger partial charge in [0.05, 0.1) is 11.2 Å². The maximum atomic E-state index is 5.78. The van der Waals surface area contributed by atoms with E-state index in [0.717, 1.165) is 33.5 Å². The predicted octanol–water partition coefficient (Wildman–Crippen LogP) is 3.92. The third-order valence-corrected chi connectivity index (χ3v) is 3.54. The van der Waals surface area contributed by atoms with Crippen LogP contribution in [0.4, 0.5) is 11.4 Å². The summed E-state index contributed by atoms with van der Waals surface area (Å²) in [6.45, 7) is 1.99. The van der Waals surface area contributed by atoms with Crippen LogP contribution in [0.5, 0.6) is 0 Å². The Balaban J connectivity index is 2.11. The molecule has 1 aromatic heterocycles. The second-order valence-corrected chi connectivity index (χ2v) is 5.30. The van der Waals surface area contributed by atoms with Crippen LogP contribution in [0.3, 0.4) is 0 Å². The van der Waals surface area contributed by atoms with Crippen LogP contribution in [-0.4, -0.2) is 9.97 Å². The van der Waals surface area contributed by atoms with Crippen LogP contribution in [0.2, 0.25) is 0 Å². The van der Waals surface area contributed by atoms with Gasteiger partial charge >= 0.3 is 0 Å². The maximum Gasteiger partial charge on any atom is 0.106 e. The third kappa shape index (κ3) is 2.71. The van der Waals surface area contributed by atoms with E-state index < -0.39 is 0 Å². The van der Waals surface area contributed by atoms with Crippen LogP contribution in [-0.2, 0) is 0 Å². The summed E-state index contributed by atoms with van der Waals surface area (Å²) >= 11 is 5.10. The smallest absolute Gasteiger partial charge is 0.106 e. The molecule has 3 nitrogen and oxygen atoms in total. The fraction of sp³-hybridized carbons (Fsp3) is 0.0588. The lowest BCUT2D eigenvalue weighted by Gasteiger charge is -2.13. The SMILES string of the molecule is Cc1ccc2cccc(Nc3ccccc3C(N)=S)c2n1. The van der Waals surface area contributed by atoms with Gasteiger partial charge in [0.15, 0.2) is 0 Å². The molecule has 3 N–H and O–H groups in total. The summed E-state index contributed by atoms with van der Waals surface area (Å²) in [6.07, 6.45) is 0. The van der Waals surface area contributed by atoms with Crippen molar-refractivity contribution in [2.45, 2.75) is 6.92 Å². The van der Waals surface area contributed by atoms with Crippen LogP contribution < -0.4 is 11.1 Å². The molecule has 3 rings (SSSR count). The van der Waals surface area contributed by atoms with E-state index in [2.05, 4.69) is 16.4 Å². The van der Waals surface area contributed by atoms with Gasteiger partial charge in [-0.25, -0.2) is 0 Å². The molecule has 0 spiro atoms. The first kappa shape index (κ1) is 13.5. The normalized spacial score (nSPS) is 10.5. The van der Waals surface area contributed by atoms with Gasteiger partial charge in [0, 0.05) is 22.3 Å². The van der Waals surface area contributed by atoms with Crippen LogP contribution >= 0.6 is 12.2 Å². The number of benzene rings is 2. The molecule has 0 radical (unpaired) electrons. The van der Waals surface area contributed by atoms with Crippen molar-refractivity contribution in [1.29, 1.82) is 0 Å². The molecule has 21 heavy (non-hydrogen) atoms. The van der Waals surface area contributed by atoms with Crippen LogP contribution in [0, 0.1) is 6.92 Å². The molecule has 0 atom stereocenters. The van der Waals surface area contributed by atoms with Gasteiger partial charge in [-0.1, -0.05) is 42.5 Å². The molecule has 0 saturated carbocycles. The predicted molar refractivity (Wildman–Crippen MR) is 92.1 cm³/mol. The summed E-state index contributed by atoms with van der Waals surface area (Å²) in [4.78, 5) is 5.00. The fourth-order valence-electron chi connectivity index (χ4n) is 2.30. The van der Waals surface area contributed by atoms with Crippen molar-refractivity contribution in [3.8, 4) is 0 Å². The second kappa shape index (κ2) is 5.50. The van der Waals surface area contributed by atoms with Crippen molar-refractivity contribution in [2.75, 3.05) is 5.32 Å². The number of hydrogen-bond donors (Lipinski definition) is 2. The highest BCUT2D eigenvalue weighted by atomic mass is 32.1. The molecule has 0 unspecified atom stereocenters. The Morgan fingerprint density at radius 3 is 2.57 bits per heavy atom. The van der Waals surface area contributed by atoms with Gasteiger partial charge in [0.25, 0.3) is 0 Å². The van der Waals surface area contributed by atoms with E-state index in [0.29, 0.717) is 4.99 Å². The van der Waals surface area contributed by atoms with E-state index in [1.165, 1.54) is 0 Å². The van der Waals surface area contributed by atoms with Crippen molar-refractivity contribution in [2.24, 2.45) is 5.73 Å². The highest BCUT2D eigenvalue weighted by molar-refractivity contribution is 7.80. The second-order valence-electron chi connectivity index (χ2n) is 4.86. The number of hydrogen-bond acceptors (Lipinski definition) is 3. The Morgan fingerprint density at radius 2 is 1.76 bits per heavy atom. The number of pyridine rings is 1. The monoisotopic (exact) mass is 293 g/mol. The number of rotatable bonds is 3. The number of aryl methyl sites for hydroxylation is 1. The highest BCUT2D eigenvalue weighted by Gasteiger charge is 2.07. The van der Waals surface area contributed by atoms with Crippen LogP contribution in [0.15, 0.2) is 54.6 Å². The Hall–Kier alpha value is -2.46. The highest BCUT2D eigenvalue weighted by Crippen LogP contribution is 2.27. The minimum absolute atomic E-state index is 0.377. The number of nitrogens with two attached hydrogens (primary N) is 1. The molecule has 0 saturated heterocycles. The molecular weight excluding hydrogens is 278 g/mol. The van der Waals surface area contributed by atoms with Crippen molar-refractivity contribution in [1.82, 2.24) is 4.98 Å². The van der Waals surface area contributed by atoms with E-state index in [1.807, 2.05) is 55.5 Å². The first-order valence-electron chi connectivity index (χ1n) is 6.67. The number of nitrogens with zero attached hydrogens (tertiary/aromatic N) is 1. The number of thiocarbonyl (C=S) groups is 1. The van der Waals surface area contributed by atoms with Gasteiger partial charge in [-0.15, -0.1) is 0 Å². The maximum absolute atomic E-state index is 5.78. The molecule has 0 aliphatic rings. The van der Waals surface area contributed by atoms with Crippen molar-refractivity contribution in [3.63, 3.8) is 0 Å². The van der Waals surface area contributed by atoms with Crippen molar-refractivity contribution in [3.05, 3.63) is 65.9 Å². The number of para-hydroxylation sites is 2. The van der Waals surface area contributed by atoms with E-state index in [-0.39, 0.29) is 0 Å². The Labute approximate surface area is 128 Å². The molecule has 0 fully saturated rings. The average molecular weight is 293 g/mol. The third-order valence-electron chi connectivity index (χ3n) is 3.32. The zero-order valence-electron chi connectivity index (χ0n) is 11.6. The number of anilines is 2. The minimum Gasteiger partial charge on any atom is -0.389 e. The lowest BCUT2D eigenvalue weighted by molar-refractivity contribution is 1.25. The van der Waals surface area contributed by atoms with E-state index in [1.54, 1.807) is 0 Å². The van der Waals surface area contributed by atoms with Crippen molar-refractivity contribution >= 4 is 39.5 Å². The molecule has 104 valence electrons. The van der Waals surface area contributed by atoms with Gasteiger partial charge in [-0.2, -0.15) is 0 Å². The summed E-state index contributed by atoms with van der Waals surface area (Å²) in [6, 6.07) is 17.9. The zero-order valence-corrected chi connectivity index (χ0v) is 12.4.